The van der Waals surface area contributed by atoms with E-state index in [1.54, 1.807) is 12.1 Å². The van der Waals surface area contributed by atoms with Crippen molar-refractivity contribution in [2.45, 2.75) is 6.54 Å². The Kier molecular flexibility index (Phi) is 5.77. The van der Waals surface area contributed by atoms with E-state index in [-0.39, 0.29) is 5.69 Å². The maximum Gasteiger partial charge on any atom is 0.407 e. The molecule has 0 radical (unpaired) electrons. The predicted molar refractivity (Wildman–Crippen MR) is 95.9 cm³/mol. The molecule has 1 aromatic carbocycles. The van der Waals surface area contributed by atoms with Crippen molar-refractivity contribution >= 4 is 23.5 Å². The summed E-state index contributed by atoms with van der Waals surface area (Å²) in [5.74, 6) is -0.547. The highest BCUT2D eigenvalue weighted by Crippen LogP contribution is 2.18. The number of aromatic nitrogens is 2. The smallest absolute Gasteiger partial charge is 0.407 e. The van der Waals surface area contributed by atoms with Crippen LogP contribution in [0.2, 0.25) is 0 Å². The molecule has 2 aromatic rings. The Labute approximate surface area is 154 Å². The molecule has 3 amide bonds. The van der Waals surface area contributed by atoms with Crippen LogP contribution in [-0.2, 0) is 6.54 Å². The van der Waals surface area contributed by atoms with Crippen molar-refractivity contribution in [2.75, 3.05) is 36.8 Å². The van der Waals surface area contributed by atoms with Gasteiger partial charge in [-0.05, 0) is 17.7 Å². The number of carbonyl (C=O) groups excluding carboxylic acids is 1. The van der Waals surface area contributed by atoms with Crippen LogP contribution >= 0.6 is 0 Å². The second-order valence-corrected chi connectivity index (χ2v) is 6.07. The standard InChI is InChI=1S/C17H19FN6O3/c18-14-2-1-12(10-23-3-5-24(6-4-23)17(26)27)7-15(14)22-16(25)21-13-8-19-11-20-9-13/h1-2,7-9,11H,3-6,10H2,(H,26,27)(H2,21,22,25). The number of urea groups is 1. The molecule has 1 aromatic heterocycles. The lowest BCUT2D eigenvalue weighted by atomic mass is 10.1. The topological polar surface area (TPSA) is 111 Å². The first-order chi connectivity index (χ1) is 13.0. The lowest BCUT2D eigenvalue weighted by molar-refractivity contribution is 0.103. The lowest BCUT2D eigenvalue weighted by Gasteiger charge is -2.33. The number of halogens is 1. The van der Waals surface area contributed by atoms with Gasteiger partial charge < -0.3 is 20.6 Å². The Morgan fingerprint density at radius 3 is 2.48 bits per heavy atom. The summed E-state index contributed by atoms with van der Waals surface area (Å²) in [6, 6.07) is 3.91. The quantitative estimate of drug-likeness (QED) is 0.755. The van der Waals surface area contributed by atoms with Gasteiger partial charge >= 0.3 is 12.1 Å². The van der Waals surface area contributed by atoms with E-state index in [1.807, 2.05) is 0 Å². The number of hydrogen-bond acceptors (Lipinski definition) is 5. The number of anilines is 2. The zero-order valence-electron chi connectivity index (χ0n) is 14.4. The maximum atomic E-state index is 14.0. The normalized spacial score (nSPS) is 14.6. The minimum Gasteiger partial charge on any atom is -0.465 e. The molecule has 1 fully saturated rings. The van der Waals surface area contributed by atoms with Gasteiger partial charge in [-0.2, -0.15) is 0 Å². The van der Waals surface area contributed by atoms with Crippen molar-refractivity contribution in [3.05, 3.63) is 48.3 Å². The number of rotatable bonds is 4. The first kappa shape index (κ1) is 18.5. The van der Waals surface area contributed by atoms with Gasteiger partial charge in [-0.15, -0.1) is 0 Å². The SMILES string of the molecule is O=C(Nc1cncnc1)Nc1cc(CN2CCN(C(=O)O)CC2)ccc1F. The van der Waals surface area contributed by atoms with E-state index in [0.29, 0.717) is 38.4 Å². The molecule has 3 rings (SSSR count). The van der Waals surface area contributed by atoms with Crippen LogP contribution in [0.3, 0.4) is 0 Å². The van der Waals surface area contributed by atoms with Crippen molar-refractivity contribution in [3.63, 3.8) is 0 Å². The molecule has 0 aliphatic carbocycles. The summed E-state index contributed by atoms with van der Waals surface area (Å²) < 4.78 is 14.0. The van der Waals surface area contributed by atoms with E-state index >= 15 is 0 Å². The molecule has 0 bridgehead atoms. The molecule has 1 saturated heterocycles. The van der Waals surface area contributed by atoms with E-state index in [0.717, 1.165) is 5.56 Å². The molecule has 27 heavy (non-hydrogen) atoms. The van der Waals surface area contributed by atoms with Crippen LogP contribution in [0.1, 0.15) is 5.56 Å². The fraction of sp³-hybridized carbons (Fsp3) is 0.294. The molecule has 142 valence electrons. The van der Waals surface area contributed by atoms with Crippen molar-refractivity contribution in [2.24, 2.45) is 0 Å². The van der Waals surface area contributed by atoms with Crippen LogP contribution in [0, 0.1) is 5.82 Å². The van der Waals surface area contributed by atoms with Crippen LogP contribution in [0.5, 0.6) is 0 Å². The zero-order chi connectivity index (χ0) is 19.2. The highest BCUT2D eigenvalue weighted by Gasteiger charge is 2.20. The molecule has 0 spiro atoms. The van der Waals surface area contributed by atoms with E-state index < -0.39 is 17.9 Å². The Bertz CT molecular complexity index is 812. The van der Waals surface area contributed by atoms with Gasteiger partial charge in [0, 0.05) is 32.7 Å². The minimum absolute atomic E-state index is 0.0611. The van der Waals surface area contributed by atoms with Crippen LogP contribution in [0.25, 0.3) is 0 Å². The van der Waals surface area contributed by atoms with Crippen LogP contribution < -0.4 is 10.6 Å². The Balaban J connectivity index is 1.59. The molecular formula is C17H19FN6O3. The third-order valence-corrected chi connectivity index (χ3v) is 4.15. The first-order valence-corrected chi connectivity index (χ1v) is 8.33. The van der Waals surface area contributed by atoms with Gasteiger partial charge in [0.05, 0.1) is 23.8 Å². The summed E-state index contributed by atoms with van der Waals surface area (Å²) in [6.07, 6.45) is 3.27. The molecule has 0 unspecified atom stereocenters. The van der Waals surface area contributed by atoms with Crippen molar-refractivity contribution in [1.29, 1.82) is 0 Å². The lowest BCUT2D eigenvalue weighted by Crippen LogP contribution is -2.47. The van der Waals surface area contributed by atoms with E-state index in [4.69, 9.17) is 5.11 Å². The minimum atomic E-state index is -0.919. The fourth-order valence-electron chi connectivity index (χ4n) is 2.77. The van der Waals surface area contributed by atoms with Gasteiger partial charge in [0.15, 0.2) is 0 Å². The highest BCUT2D eigenvalue weighted by molar-refractivity contribution is 5.99. The Morgan fingerprint density at radius 1 is 1.11 bits per heavy atom. The third kappa shape index (κ3) is 5.11. The molecule has 0 atom stereocenters. The average Bonchev–Trinajstić information content (AvgIpc) is 2.65. The molecule has 3 N–H and O–H groups in total. The molecule has 10 heteroatoms. The van der Waals surface area contributed by atoms with Crippen molar-refractivity contribution in [1.82, 2.24) is 19.8 Å². The number of carboxylic acid groups (broad SMARTS) is 1. The summed E-state index contributed by atoms with van der Waals surface area (Å²) in [4.78, 5) is 34.0. The molecular weight excluding hydrogens is 355 g/mol. The highest BCUT2D eigenvalue weighted by atomic mass is 19.1. The largest absolute Gasteiger partial charge is 0.465 e. The summed E-state index contributed by atoms with van der Waals surface area (Å²) >= 11 is 0. The first-order valence-electron chi connectivity index (χ1n) is 8.33. The van der Waals surface area contributed by atoms with Crippen molar-refractivity contribution in [3.8, 4) is 0 Å². The number of nitrogens with one attached hydrogen (secondary N) is 2. The summed E-state index contributed by atoms with van der Waals surface area (Å²) in [5.41, 5.74) is 1.27. The van der Waals surface area contributed by atoms with Gasteiger partial charge in [0.2, 0.25) is 0 Å². The third-order valence-electron chi connectivity index (χ3n) is 4.15. The van der Waals surface area contributed by atoms with Crippen LogP contribution in [-0.4, -0.2) is 63.2 Å². The molecule has 0 saturated carbocycles. The monoisotopic (exact) mass is 374 g/mol. The molecule has 2 heterocycles. The summed E-state index contributed by atoms with van der Waals surface area (Å²) in [6.45, 7) is 2.60. The van der Waals surface area contributed by atoms with Gasteiger partial charge in [0.1, 0.15) is 12.1 Å². The average molecular weight is 374 g/mol. The van der Waals surface area contributed by atoms with Gasteiger partial charge in [-0.3, -0.25) is 4.90 Å². The van der Waals surface area contributed by atoms with Crippen molar-refractivity contribution < 1.29 is 19.1 Å². The van der Waals surface area contributed by atoms with Crippen LogP contribution in [0.4, 0.5) is 25.4 Å². The predicted octanol–water partition coefficient (Wildman–Crippen LogP) is 2.06. The number of carbonyl (C=O) groups is 2. The van der Waals surface area contributed by atoms with Crippen LogP contribution in [0.15, 0.2) is 36.9 Å². The second kappa shape index (κ2) is 8.41. The molecule has 1 aliphatic rings. The Hall–Kier alpha value is -3.27. The van der Waals surface area contributed by atoms with Gasteiger partial charge in [-0.1, -0.05) is 6.07 Å². The number of piperazine rings is 1. The summed E-state index contributed by atoms with van der Waals surface area (Å²) in [5, 5.41) is 14.0. The zero-order valence-corrected chi connectivity index (χ0v) is 14.4. The maximum absolute atomic E-state index is 14.0. The number of amides is 3. The van der Waals surface area contributed by atoms with Gasteiger partial charge in [-0.25, -0.2) is 23.9 Å². The fourth-order valence-corrected chi connectivity index (χ4v) is 2.77. The number of nitrogens with zero attached hydrogens (tertiary/aromatic N) is 4. The molecule has 9 nitrogen and oxygen atoms in total. The van der Waals surface area contributed by atoms with E-state index in [1.165, 1.54) is 29.7 Å². The Morgan fingerprint density at radius 2 is 1.81 bits per heavy atom. The molecule has 1 aliphatic heterocycles. The number of hydrogen-bond donors (Lipinski definition) is 3. The summed E-state index contributed by atoms with van der Waals surface area (Å²) in [7, 11) is 0. The van der Waals surface area contributed by atoms with E-state index in [9.17, 15) is 14.0 Å². The van der Waals surface area contributed by atoms with E-state index in [2.05, 4.69) is 25.5 Å². The number of benzene rings is 1. The van der Waals surface area contributed by atoms with Gasteiger partial charge in [0.25, 0.3) is 0 Å². The second-order valence-electron chi connectivity index (χ2n) is 6.07.